The minimum Gasteiger partial charge on any atom is -0.372 e. The highest BCUT2D eigenvalue weighted by Gasteiger charge is 2.43. The van der Waals surface area contributed by atoms with Gasteiger partial charge in [0.1, 0.15) is 5.69 Å². The maximum absolute atomic E-state index is 12.9. The summed E-state index contributed by atoms with van der Waals surface area (Å²) in [5, 5.41) is 4.16. The molecule has 1 amide bonds. The average molecular weight is 450 g/mol. The van der Waals surface area contributed by atoms with Crippen molar-refractivity contribution in [2.45, 2.75) is 64.5 Å². The Morgan fingerprint density at radius 3 is 2.42 bits per heavy atom. The van der Waals surface area contributed by atoms with Crippen LogP contribution in [0.15, 0.2) is 30.5 Å². The second-order valence-corrected chi connectivity index (χ2v) is 10.1. The Labute approximate surface area is 196 Å². The monoisotopic (exact) mass is 449 g/mol. The number of likely N-dealkylation sites (tertiary alicyclic amines) is 2. The zero-order valence-corrected chi connectivity index (χ0v) is 19.9. The van der Waals surface area contributed by atoms with Gasteiger partial charge in [-0.25, -0.2) is 4.79 Å². The molecule has 0 saturated carbocycles. The number of amides is 1. The summed E-state index contributed by atoms with van der Waals surface area (Å²) in [4.78, 5) is 31.5. The number of hydrogen-bond acceptors (Lipinski definition) is 5. The molecule has 4 heterocycles. The summed E-state index contributed by atoms with van der Waals surface area (Å²) < 4.78 is 1.31. The predicted molar refractivity (Wildman–Crippen MR) is 129 cm³/mol. The molecular weight excluding hydrogens is 414 g/mol. The van der Waals surface area contributed by atoms with Gasteiger partial charge in [-0.2, -0.15) is 9.78 Å². The fraction of sp³-hybridized carbons (Fsp3) is 0.577. The van der Waals surface area contributed by atoms with Gasteiger partial charge in [0.15, 0.2) is 5.78 Å². The van der Waals surface area contributed by atoms with E-state index in [2.05, 4.69) is 40.0 Å². The van der Waals surface area contributed by atoms with Gasteiger partial charge in [-0.1, -0.05) is 6.07 Å². The maximum atomic E-state index is 12.9. The van der Waals surface area contributed by atoms with Gasteiger partial charge < -0.3 is 9.80 Å². The molecule has 3 aliphatic heterocycles. The molecule has 1 spiro atoms. The molecule has 0 bridgehead atoms. The number of nitrogens with zero attached hydrogens (tertiary/aromatic N) is 5. The average Bonchev–Trinajstić information content (AvgIpc) is 3.56. The number of ketones is 1. The van der Waals surface area contributed by atoms with E-state index in [9.17, 15) is 9.59 Å². The van der Waals surface area contributed by atoms with Crippen molar-refractivity contribution in [3.05, 3.63) is 47.3 Å². The van der Waals surface area contributed by atoms with Crippen LogP contribution in [-0.4, -0.2) is 69.7 Å². The number of benzene rings is 1. The lowest BCUT2D eigenvalue weighted by molar-refractivity contribution is 0.0584. The number of aromatic nitrogens is 2. The van der Waals surface area contributed by atoms with Crippen molar-refractivity contribution in [3.63, 3.8) is 0 Å². The van der Waals surface area contributed by atoms with Gasteiger partial charge in [-0.05, 0) is 81.3 Å². The lowest BCUT2D eigenvalue weighted by atomic mass is 9.84. The number of Topliss-reactive ketones (excluding diaryl/α,β-unsaturated/α-hetero) is 1. The predicted octanol–water partition coefficient (Wildman–Crippen LogP) is 4.09. The van der Waals surface area contributed by atoms with Crippen LogP contribution in [0.25, 0.3) is 0 Å². The van der Waals surface area contributed by atoms with Crippen molar-refractivity contribution < 1.29 is 9.59 Å². The molecular formula is C26H35N5O2. The van der Waals surface area contributed by atoms with Crippen molar-refractivity contribution in [1.82, 2.24) is 19.6 Å². The Bertz CT molecular complexity index is 1030. The molecule has 1 aromatic carbocycles. The summed E-state index contributed by atoms with van der Waals surface area (Å²) in [5.74, 6) is -0.121. The summed E-state index contributed by atoms with van der Waals surface area (Å²) in [7, 11) is 0. The molecule has 2 aromatic rings. The molecule has 3 fully saturated rings. The fourth-order valence-corrected chi connectivity index (χ4v) is 5.99. The van der Waals surface area contributed by atoms with E-state index in [-0.39, 0.29) is 17.4 Å². The number of rotatable bonds is 4. The summed E-state index contributed by atoms with van der Waals surface area (Å²) in [5.41, 5.74) is 4.64. The smallest absolute Gasteiger partial charge is 0.344 e. The lowest BCUT2D eigenvalue weighted by Gasteiger charge is -2.45. The van der Waals surface area contributed by atoms with Crippen LogP contribution in [0, 0.1) is 6.92 Å². The molecule has 7 heteroatoms. The maximum Gasteiger partial charge on any atom is 0.344 e. The van der Waals surface area contributed by atoms with Gasteiger partial charge in [-0.3, -0.25) is 9.69 Å². The molecule has 0 unspecified atom stereocenters. The van der Waals surface area contributed by atoms with E-state index >= 15 is 0 Å². The number of aryl methyl sites for hydroxylation is 1. The van der Waals surface area contributed by atoms with Crippen LogP contribution in [0.5, 0.6) is 0 Å². The normalized spacial score (nSPS) is 20.7. The van der Waals surface area contributed by atoms with Crippen LogP contribution in [0.1, 0.15) is 67.1 Å². The van der Waals surface area contributed by atoms with Crippen LogP contribution in [-0.2, 0) is 6.54 Å². The third-order valence-corrected chi connectivity index (χ3v) is 7.82. The van der Waals surface area contributed by atoms with E-state index in [0.29, 0.717) is 5.69 Å². The summed E-state index contributed by atoms with van der Waals surface area (Å²) in [6.45, 7) is 9.60. The Kier molecular flexibility index (Phi) is 5.99. The number of hydrogen-bond donors (Lipinski definition) is 0. The van der Waals surface area contributed by atoms with Crippen LogP contribution >= 0.6 is 0 Å². The van der Waals surface area contributed by atoms with Crippen molar-refractivity contribution in [1.29, 1.82) is 0 Å². The first-order valence-corrected chi connectivity index (χ1v) is 12.4. The first kappa shape index (κ1) is 22.1. The Balaban J connectivity index is 1.25. The topological polar surface area (TPSA) is 61.7 Å². The van der Waals surface area contributed by atoms with E-state index in [4.69, 9.17) is 0 Å². The highest BCUT2D eigenvalue weighted by molar-refractivity contribution is 5.92. The number of piperidine rings is 1. The zero-order chi connectivity index (χ0) is 23.0. The highest BCUT2D eigenvalue weighted by atomic mass is 16.2. The third kappa shape index (κ3) is 4.43. The fourth-order valence-electron chi connectivity index (χ4n) is 5.99. The summed E-state index contributed by atoms with van der Waals surface area (Å²) in [6, 6.07) is 8.55. The molecule has 176 valence electrons. The molecule has 0 aliphatic carbocycles. The van der Waals surface area contributed by atoms with Crippen molar-refractivity contribution in [2.75, 3.05) is 37.6 Å². The largest absolute Gasteiger partial charge is 0.372 e. The summed E-state index contributed by atoms with van der Waals surface area (Å²) >= 11 is 0. The van der Waals surface area contributed by atoms with Crippen molar-refractivity contribution in [2.24, 2.45) is 0 Å². The SMILES string of the molecule is CC(=O)c1ccn(C(=O)N2CCC3(CCCN3Cc3cc(C)cc(N4CCCC4)c3)CC2)n1. The highest BCUT2D eigenvalue weighted by Crippen LogP contribution is 2.40. The van der Waals surface area contributed by atoms with E-state index in [0.717, 1.165) is 39.0 Å². The molecule has 5 rings (SSSR count). The zero-order valence-electron chi connectivity index (χ0n) is 19.9. The standard InChI is InChI=1S/C26H35N5O2/c1-20-16-22(18-23(17-20)28-10-3-4-11-28)19-30-12-5-7-26(30)8-14-29(15-9-26)25(33)31-13-6-24(27-31)21(2)32/h6,13,16-18H,3-5,7-12,14-15,19H2,1-2H3. The van der Waals surface area contributed by atoms with Gasteiger partial charge in [0.25, 0.3) is 0 Å². The molecule has 7 nitrogen and oxygen atoms in total. The van der Waals surface area contributed by atoms with E-state index in [1.807, 2.05) is 4.90 Å². The van der Waals surface area contributed by atoms with E-state index in [1.54, 1.807) is 12.3 Å². The Morgan fingerprint density at radius 2 is 1.73 bits per heavy atom. The molecule has 1 aromatic heterocycles. The van der Waals surface area contributed by atoms with Crippen LogP contribution in [0.2, 0.25) is 0 Å². The molecule has 0 atom stereocenters. The summed E-state index contributed by atoms with van der Waals surface area (Å²) in [6.07, 6.45) is 8.59. The number of carbonyl (C=O) groups excluding carboxylic acids is 2. The van der Waals surface area contributed by atoms with E-state index < -0.39 is 0 Å². The molecule has 3 aliphatic rings. The van der Waals surface area contributed by atoms with Gasteiger partial charge in [0, 0.05) is 57.1 Å². The second-order valence-electron chi connectivity index (χ2n) is 10.1. The van der Waals surface area contributed by atoms with Gasteiger partial charge in [0.2, 0.25) is 0 Å². The Hall–Kier alpha value is -2.67. The third-order valence-electron chi connectivity index (χ3n) is 7.82. The first-order chi connectivity index (χ1) is 15.9. The van der Waals surface area contributed by atoms with Gasteiger partial charge >= 0.3 is 6.03 Å². The van der Waals surface area contributed by atoms with Crippen molar-refractivity contribution >= 4 is 17.5 Å². The molecule has 33 heavy (non-hydrogen) atoms. The number of carbonyl (C=O) groups is 2. The van der Waals surface area contributed by atoms with Crippen LogP contribution in [0.4, 0.5) is 10.5 Å². The Morgan fingerprint density at radius 1 is 0.970 bits per heavy atom. The van der Waals surface area contributed by atoms with Crippen LogP contribution in [0.3, 0.4) is 0 Å². The quantitative estimate of drug-likeness (QED) is 0.658. The van der Waals surface area contributed by atoms with Gasteiger partial charge in [0.05, 0.1) is 0 Å². The first-order valence-electron chi connectivity index (χ1n) is 12.4. The minimum atomic E-state index is -0.129. The van der Waals surface area contributed by atoms with Gasteiger partial charge in [-0.15, -0.1) is 0 Å². The van der Waals surface area contributed by atoms with Crippen molar-refractivity contribution in [3.8, 4) is 0 Å². The number of anilines is 1. The lowest BCUT2D eigenvalue weighted by Crippen LogP contribution is -2.53. The molecule has 0 N–H and O–H groups in total. The molecule has 3 saturated heterocycles. The van der Waals surface area contributed by atoms with Crippen LogP contribution < -0.4 is 4.90 Å². The van der Waals surface area contributed by atoms with E-state index in [1.165, 1.54) is 67.2 Å². The second kappa shape index (κ2) is 8.93. The molecule has 0 radical (unpaired) electrons. The minimum absolute atomic E-state index is 0.121.